The highest BCUT2D eigenvalue weighted by Gasteiger charge is 2.40. The van der Waals surface area contributed by atoms with Crippen molar-refractivity contribution in [2.75, 3.05) is 13.7 Å². The van der Waals surface area contributed by atoms with E-state index >= 15 is 4.39 Å². The Hall–Kier alpha value is -6.31. The minimum absolute atomic E-state index is 0.117. The lowest BCUT2D eigenvalue weighted by atomic mass is 9.77. The van der Waals surface area contributed by atoms with Crippen molar-refractivity contribution >= 4 is 21.8 Å². The van der Waals surface area contributed by atoms with Crippen LogP contribution in [0.2, 0.25) is 0 Å². The lowest BCUT2D eigenvalue weighted by Gasteiger charge is -2.36. The van der Waals surface area contributed by atoms with Gasteiger partial charge >= 0.3 is 0 Å². The third kappa shape index (κ3) is 6.69. The molecule has 2 atom stereocenters. The molecular formula is C51H46FN3O3. The quantitative estimate of drug-likeness (QED) is 0.109. The molecule has 1 aliphatic rings. The molecule has 0 bridgehead atoms. The van der Waals surface area contributed by atoms with Gasteiger partial charge < -0.3 is 14.2 Å². The first-order chi connectivity index (χ1) is 28.4. The highest BCUT2D eigenvalue weighted by Crippen LogP contribution is 2.53. The van der Waals surface area contributed by atoms with Crippen molar-refractivity contribution in [3.05, 3.63) is 191 Å². The molecule has 9 rings (SSSR count). The zero-order valence-electron chi connectivity index (χ0n) is 33.2. The Morgan fingerprint density at radius 3 is 1.91 bits per heavy atom. The Labute approximate surface area is 338 Å². The van der Waals surface area contributed by atoms with Crippen molar-refractivity contribution in [1.29, 1.82) is 0 Å². The molecule has 0 spiro atoms. The predicted octanol–water partition coefficient (Wildman–Crippen LogP) is 12.0. The lowest BCUT2D eigenvalue weighted by Crippen LogP contribution is -2.38. The van der Waals surface area contributed by atoms with Gasteiger partial charge in [-0.2, -0.15) is 5.10 Å². The largest absolute Gasteiger partial charge is 0.483 e. The van der Waals surface area contributed by atoms with E-state index < -0.39 is 5.54 Å². The van der Waals surface area contributed by atoms with Crippen molar-refractivity contribution in [3.8, 4) is 22.8 Å². The number of rotatable bonds is 13. The molecule has 2 heterocycles. The lowest BCUT2D eigenvalue weighted by molar-refractivity contribution is 0.0700. The van der Waals surface area contributed by atoms with Gasteiger partial charge in [-0.15, -0.1) is 0 Å². The summed E-state index contributed by atoms with van der Waals surface area (Å²) in [5, 5.41) is 7.10. The number of benzene rings is 6. The third-order valence-electron chi connectivity index (χ3n) is 11.6. The van der Waals surface area contributed by atoms with Gasteiger partial charge in [0.2, 0.25) is 5.88 Å². The van der Waals surface area contributed by atoms with Crippen LogP contribution in [0.1, 0.15) is 72.1 Å². The van der Waals surface area contributed by atoms with Gasteiger partial charge in [0.05, 0.1) is 11.6 Å². The summed E-state index contributed by atoms with van der Waals surface area (Å²) in [6.45, 7) is 6.21. The first-order valence-electron chi connectivity index (χ1n) is 20.1. The summed E-state index contributed by atoms with van der Waals surface area (Å²) >= 11 is 0. The maximum absolute atomic E-state index is 16.7. The van der Waals surface area contributed by atoms with E-state index in [-0.39, 0.29) is 23.9 Å². The van der Waals surface area contributed by atoms with Crippen molar-refractivity contribution in [2.24, 2.45) is 0 Å². The standard InChI is InChI=1S/C51H46FN3O3/c1-33(56-4)32-57-46-28-27-38-29-42(37-25-26-37)48(50(49(38)53-46)58-35(3)36-17-9-5-10-18-36)47-34(2)44(52)30-45-43(47)31-55(54-45)51(39-19-11-6-12-20-39,40-21-13-7-14-22-40)41-23-15-8-16-24-41/h5-24,27-31,33,35,37H,25-26,32H2,1-4H3/t33-,35-/m0/s1. The minimum Gasteiger partial charge on any atom is -0.483 e. The van der Waals surface area contributed by atoms with Gasteiger partial charge in [0, 0.05) is 47.3 Å². The van der Waals surface area contributed by atoms with Gasteiger partial charge in [0.1, 0.15) is 29.6 Å². The van der Waals surface area contributed by atoms with Crippen LogP contribution in [0.25, 0.3) is 32.9 Å². The van der Waals surface area contributed by atoms with E-state index in [2.05, 4.69) is 104 Å². The van der Waals surface area contributed by atoms with Gasteiger partial charge in [-0.3, -0.25) is 4.68 Å². The topological polar surface area (TPSA) is 58.4 Å². The number of hydrogen-bond donors (Lipinski definition) is 0. The minimum atomic E-state index is -0.887. The van der Waals surface area contributed by atoms with E-state index in [0.717, 1.165) is 62.6 Å². The zero-order chi connectivity index (χ0) is 39.8. The summed E-state index contributed by atoms with van der Waals surface area (Å²) in [5.41, 5.74) is 7.67. The van der Waals surface area contributed by atoms with E-state index in [0.29, 0.717) is 34.8 Å². The van der Waals surface area contributed by atoms with Gasteiger partial charge in [0.25, 0.3) is 0 Å². The molecule has 6 aromatic carbocycles. The van der Waals surface area contributed by atoms with Crippen LogP contribution in [0.4, 0.5) is 4.39 Å². The van der Waals surface area contributed by atoms with Crippen molar-refractivity contribution < 1.29 is 18.6 Å². The van der Waals surface area contributed by atoms with E-state index in [1.54, 1.807) is 13.2 Å². The number of ether oxygens (including phenoxy) is 3. The van der Waals surface area contributed by atoms with Crippen LogP contribution in [0, 0.1) is 12.7 Å². The monoisotopic (exact) mass is 767 g/mol. The van der Waals surface area contributed by atoms with E-state index in [9.17, 15) is 0 Å². The molecule has 7 heteroatoms. The van der Waals surface area contributed by atoms with Crippen molar-refractivity contribution in [1.82, 2.24) is 14.8 Å². The molecule has 8 aromatic rings. The summed E-state index contributed by atoms with van der Waals surface area (Å²) in [6, 6.07) is 49.2. The second-order valence-electron chi connectivity index (χ2n) is 15.4. The van der Waals surface area contributed by atoms with Gasteiger partial charge in [-0.25, -0.2) is 9.37 Å². The SMILES string of the molecule is CO[C@@H](C)COc1ccc2cc(C3CC3)c(-c3c(C)c(F)cc4nn(C(c5ccccc5)(c5ccccc5)c5ccccc5)cc34)c(O[C@@H](C)c3ccccc3)c2n1. The average molecular weight is 768 g/mol. The zero-order valence-corrected chi connectivity index (χ0v) is 33.2. The maximum atomic E-state index is 16.7. The number of methoxy groups -OCH3 is 1. The summed E-state index contributed by atoms with van der Waals surface area (Å²) < 4.78 is 37.5. The summed E-state index contributed by atoms with van der Waals surface area (Å²) in [5.74, 6) is 1.02. The fourth-order valence-electron chi connectivity index (χ4n) is 8.31. The normalized spacial score (nSPS) is 14.1. The van der Waals surface area contributed by atoms with Crippen LogP contribution < -0.4 is 9.47 Å². The fourth-order valence-corrected chi connectivity index (χ4v) is 8.31. The molecule has 0 amide bonds. The number of aromatic nitrogens is 3. The highest BCUT2D eigenvalue weighted by molar-refractivity contribution is 6.04. The van der Waals surface area contributed by atoms with Gasteiger partial charge in [0.15, 0.2) is 5.75 Å². The van der Waals surface area contributed by atoms with Crippen LogP contribution >= 0.6 is 0 Å². The summed E-state index contributed by atoms with van der Waals surface area (Å²) in [4.78, 5) is 5.11. The summed E-state index contributed by atoms with van der Waals surface area (Å²) in [7, 11) is 1.66. The molecule has 1 fully saturated rings. The van der Waals surface area contributed by atoms with Gasteiger partial charge in [-0.05, 0) is 85.0 Å². The molecule has 58 heavy (non-hydrogen) atoms. The third-order valence-corrected chi connectivity index (χ3v) is 11.6. The number of hydrogen-bond acceptors (Lipinski definition) is 5. The molecule has 1 saturated carbocycles. The first-order valence-corrected chi connectivity index (χ1v) is 20.1. The Balaban J connectivity index is 1.35. The second kappa shape index (κ2) is 15.6. The Morgan fingerprint density at radius 1 is 0.759 bits per heavy atom. The molecular weight excluding hydrogens is 722 g/mol. The second-order valence-corrected chi connectivity index (χ2v) is 15.4. The van der Waals surface area contributed by atoms with E-state index in [4.69, 9.17) is 24.3 Å². The van der Waals surface area contributed by atoms with Crippen molar-refractivity contribution in [3.63, 3.8) is 0 Å². The molecule has 0 saturated heterocycles. The molecule has 0 N–H and O–H groups in total. The smallest absolute Gasteiger partial charge is 0.214 e. The molecule has 0 radical (unpaired) electrons. The molecule has 0 aliphatic heterocycles. The molecule has 2 aromatic heterocycles. The molecule has 6 nitrogen and oxygen atoms in total. The van der Waals surface area contributed by atoms with Crippen LogP contribution in [0.15, 0.2) is 152 Å². The van der Waals surface area contributed by atoms with Crippen molar-refractivity contribution in [2.45, 2.75) is 57.3 Å². The first kappa shape index (κ1) is 37.3. The fraction of sp³-hybridized carbons (Fsp3) is 0.216. The number of fused-ring (bicyclic) bond motifs is 2. The molecule has 1 aliphatic carbocycles. The van der Waals surface area contributed by atoms with Crippen LogP contribution in [0.3, 0.4) is 0 Å². The molecule has 290 valence electrons. The Bertz CT molecular complexity index is 2600. The Kier molecular flexibility index (Phi) is 10.00. The summed E-state index contributed by atoms with van der Waals surface area (Å²) in [6.07, 6.45) is 3.71. The maximum Gasteiger partial charge on any atom is 0.214 e. The average Bonchev–Trinajstić information content (AvgIpc) is 4.04. The van der Waals surface area contributed by atoms with Gasteiger partial charge in [-0.1, -0.05) is 121 Å². The Morgan fingerprint density at radius 2 is 1.34 bits per heavy atom. The van der Waals surface area contributed by atoms with Crippen LogP contribution in [0.5, 0.6) is 11.6 Å². The van der Waals surface area contributed by atoms with E-state index in [1.165, 1.54) is 0 Å². The number of pyridine rings is 1. The highest BCUT2D eigenvalue weighted by atomic mass is 19.1. The predicted molar refractivity (Wildman–Crippen MR) is 229 cm³/mol. The van der Waals surface area contributed by atoms with E-state index in [1.807, 2.05) is 67.1 Å². The van der Waals surface area contributed by atoms with Crippen LogP contribution in [-0.4, -0.2) is 34.6 Å². The van der Waals surface area contributed by atoms with Crippen LogP contribution in [-0.2, 0) is 10.3 Å². The number of halogens is 1. The molecule has 0 unspecified atom stereocenters. The number of nitrogens with zero attached hydrogens (tertiary/aromatic N) is 3.